The molecule has 6 heterocycles. The molecular weight excluding hydrogens is 635 g/mol. The van der Waals surface area contributed by atoms with Crippen molar-refractivity contribution in [1.82, 2.24) is 30.5 Å². The fourth-order valence-corrected chi connectivity index (χ4v) is 8.39. The number of piperazine rings is 1. The zero-order valence-electron chi connectivity index (χ0n) is 27.0. The number of nitrogens with zero attached hydrogens (tertiary/aromatic N) is 5. The highest BCUT2D eigenvalue weighted by Gasteiger charge is 2.49. The first-order chi connectivity index (χ1) is 23.7. The van der Waals surface area contributed by atoms with E-state index in [4.69, 9.17) is 16.1 Å². The van der Waals surface area contributed by atoms with E-state index in [0.717, 1.165) is 32.2 Å². The van der Waals surface area contributed by atoms with Crippen LogP contribution in [0.2, 0.25) is 0 Å². The number of amides is 1. The van der Waals surface area contributed by atoms with Crippen LogP contribution in [0.5, 0.6) is 11.8 Å². The van der Waals surface area contributed by atoms with Gasteiger partial charge in [-0.1, -0.05) is 12.0 Å². The van der Waals surface area contributed by atoms with Gasteiger partial charge in [0.1, 0.15) is 47.1 Å². The Bertz CT molecular complexity index is 2040. The lowest BCUT2D eigenvalue weighted by molar-refractivity contribution is 0.0952. The van der Waals surface area contributed by atoms with Crippen molar-refractivity contribution in [2.24, 2.45) is 0 Å². The summed E-state index contributed by atoms with van der Waals surface area (Å²) in [6.07, 6.45) is 8.70. The minimum Gasteiger partial charge on any atom is -0.508 e. The van der Waals surface area contributed by atoms with Crippen molar-refractivity contribution in [3.63, 3.8) is 0 Å². The van der Waals surface area contributed by atoms with Crippen molar-refractivity contribution >= 4 is 33.4 Å². The molecule has 254 valence electrons. The number of anilines is 1. The number of benzene rings is 2. The number of terminal acetylenes is 1. The fourth-order valence-electron chi connectivity index (χ4n) is 8.39. The number of ether oxygens (including phenoxy) is 1. The van der Waals surface area contributed by atoms with E-state index in [1.807, 2.05) is 4.90 Å². The summed E-state index contributed by atoms with van der Waals surface area (Å²) in [4.78, 5) is 31.9. The number of aromatic nitrogens is 3. The van der Waals surface area contributed by atoms with Gasteiger partial charge in [0, 0.05) is 55.6 Å². The molecule has 0 saturated carbocycles. The van der Waals surface area contributed by atoms with E-state index in [2.05, 4.69) is 31.4 Å². The Kier molecular flexibility index (Phi) is 7.76. The third-order valence-electron chi connectivity index (χ3n) is 10.5. The number of halogens is 3. The maximum absolute atomic E-state index is 17.2. The second kappa shape index (κ2) is 12.0. The summed E-state index contributed by atoms with van der Waals surface area (Å²) in [5, 5.41) is 17.7. The summed E-state index contributed by atoms with van der Waals surface area (Å²) in [5.41, 5.74) is -1.34. The Morgan fingerprint density at radius 2 is 1.96 bits per heavy atom. The van der Waals surface area contributed by atoms with Crippen LogP contribution < -0.4 is 20.3 Å². The van der Waals surface area contributed by atoms with Crippen LogP contribution in [0.15, 0.2) is 24.3 Å². The summed E-state index contributed by atoms with van der Waals surface area (Å²) in [5.74, 6) is 0.217. The van der Waals surface area contributed by atoms with Crippen LogP contribution in [0.4, 0.5) is 19.0 Å². The third-order valence-corrected chi connectivity index (χ3v) is 10.5. The van der Waals surface area contributed by atoms with E-state index < -0.39 is 29.3 Å². The summed E-state index contributed by atoms with van der Waals surface area (Å²) in [6, 6.07) is 5.50. The molecule has 49 heavy (non-hydrogen) atoms. The minimum atomic E-state index is -0.964. The molecule has 4 aliphatic rings. The topological polar surface area (TPSA) is 116 Å². The van der Waals surface area contributed by atoms with Gasteiger partial charge in [0.05, 0.1) is 16.5 Å². The Morgan fingerprint density at radius 1 is 1.16 bits per heavy atom. The quantitative estimate of drug-likeness (QED) is 0.245. The summed E-state index contributed by atoms with van der Waals surface area (Å²) in [6.45, 7) is 4.37. The van der Waals surface area contributed by atoms with Gasteiger partial charge >= 0.3 is 6.01 Å². The molecule has 2 aromatic carbocycles. The van der Waals surface area contributed by atoms with Crippen molar-refractivity contribution in [2.75, 3.05) is 44.2 Å². The first-order valence-electron chi connectivity index (χ1n) is 16.8. The predicted molar refractivity (Wildman–Crippen MR) is 179 cm³/mol. The van der Waals surface area contributed by atoms with Crippen molar-refractivity contribution in [2.45, 2.75) is 62.8 Å². The molecule has 2 aromatic heterocycles. The van der Waals surface area contributed by atoms with Crippen molar-refractivity contribution in [3.8, 4) is 35.4 Å². The molecular formula is C36H36F3N7O3. The van der Waals surface area contributed by atoms with Crippen molar-refractivity contribution in [1.29, 1.82) is 0 Å². The molecule has 4 fully saturated rings. The fraction of sp³-hybridized carbons (Fsp3) is 0.444. The normalized spacial score (nSPS) is 24.8. The zero-order valence-corrected chi connectivity index (χ0v) is 27.0. The second-order valence-corrected chi connectivity index (χ2v) is 13.6. The first kappa shape index (κ1) is 31.6. The highest BCUT2D eigenvalue weighted by molar-refractivity contribution is 6.11. The minimum absolute atomic E-state index is 0.00400. The Hall–Kier alpha value is -4.67. The Morgan fingerprint density at radius 3 is 2.71 bits per heavy atom. The molecule has 10 nitrogen and oxygen atoms in total. The maximum atomic E-state index is 17.2. The standard InChI is InChI=1S/C36H36F3N7O3/c1-3-24-26(38)9-6-19-12-23(47)13-25(27(19)24)30-29(39)31-28(32(42-30)34(48)40-4-2)33(45-16-21-7-8-22(17-45)41-21)44-35(43-31)49-18-36-10-5-11-46(36)15-20(37)14-36/h1,6,9,12-13,20-22,41,47H,4-5,7-8,10-11,14-18H2,2H3,(H,40,48)/t20-,21?,22?,36+/m1/s1. The van der Waals surface area contributed by atoms with Gasteiger partial charge in [0.25, 0.3) is 5.91 Å². The van der Waals surface area contributed by atoms with Crippen LogP contribution in [-0.2, 0) is 0 Å². The number of phenols is 1. The van der Waals surface area contributed by atoms with E-state index in [-0.39, 0.29) is 75.8 Å². The Balaban J connectivity index is 1.36. The van der Waals surface area contributed by atoms with E-state index >= 15 is 8.78 Å². The maximum Gasteiger partial charge on any atom is 0.319 e. The monoisotopic (exact) mass is 671 g/mol. The summed E-state index contributed by atoms with van der Waals surface area (Å²) in [7, 11) is 0. The lowest BCUT2D eigenvalue weighted by atomic mass is 9.95. The summed E-state index contributed by atoms with van der Waals surface area (Å²) < 4.78 is 53.1. The number of fused-ring (bicyclic) bond motifs is 5. The van der Waals surface area contributed by atoms with Crippen molar-refractivity contribution < 1.29 is 27.8 Å². The van der Waals surface area contributed by atoms with Crippen LogP contribution in [0.3, 0.4) is 0 Å². The second-order valence-electron chi connectivity index (χ2n) is 13.6. The van der Waals surface area contributed by atoms with E-state index in [1.54, 1.807) is 6.92 Å². The number of pyridine rings is 1. The number of hydrogen-bond donors (Lipinski definition) is 3. The number of alkyl halides is 1. The molecule has 0 spiro atoms. The lowest BCUT2D eigenvalue weighted by Crippen LogP contribution is -2.51. The SMILES string of the molecule is C#Cc1c(F)ccc2cc(O)cc(-c3nc(C(=O)NCC)c4c(N5CC6CCC(C5)N6)nc(OC[C@@]56CCCN5C[C@H](F)C6)nc4c3F)c12. The molecule has 2 bridgehead atoms. The number of phenolic OH excluding ortho intramolecular Hbond substituents is 1. The molecule has 4 aromatic rings. The van der Waals surface area contributed by atoms with Gasteiger partial charge in [-0.2, -0.15) is 9.97 Å². The van der Waals surface area contributed by atoms with Crippen LogP contribution in [0, 0.1) is 24.0 Å². The number of nitrogens with one attached hydrogen (secondary N) is 2. The highest BCUT2D eigenvalue weighted by atomic mass is 19.1. The molecule has 4 atom stereocenters. The van der Waals surface area contributed by atoms with Gasteiger partial charge in [0.15, 0.2) is 5.82 Å². The predicted octanol–water partition coefficient (Wildman–Crippen LogP) is 4.46. The van der Waals surface area contributed by atoms with Gasteiger partial charge < -0.3 is 25.4 Å². The highest BCUT2D eigenvalue weighted by Crippen LogP contribution is 2.43. The van der Waals surface area contributed by atoms with Gasteiger partial charge in [-0.15, -0.1) is 6.42 Å². The molecule has 2 unspecified atom stereocenters. The van der Waals surface area contributed by atoms with Crippen LogP contribution in [0.25, 0.3) is 32.9 Å². The molecule has 1 amide bonds. The van der Waals surface area contributed by atoms with Gasteiger partial charge in [-0.05, 0) is 62.7 Å². The van der Waals surface area contributed by atoms with Crippen LogP contribution >= 0.6 is 0 Å². The molecule has 0 radical (unpaired) electrons. The molecule has 4 saturated heterocycles. The van der Waals surface area contributed by atoms with E-state index in [0.29, 0.717) is 37.3 Å². The molecule has 13 heteroatoms. The molecule has 4 aliphatic heterocycles. The van der Waals surface area contributed by atoms with Gasteiger partial charge in [-0.3, -0.25) is 9.69 Å². The molecule has 0 aliphatic carbocycles. The van der Waals surface area contributed by atoms with E-state index in [9.17, 15) is 14.3 Å². The number of rotatable bonds is 7. The Labute approximate surface area is 281 Å². The van der Waals surface area contributed by atoms with Gasteiger partial charge in [0.2, 0.25) is 0 Å². The molecule has 3 N–H and O–H groups in total. The third kappa shape index (κ3) is 5.29. The summed E-state index contributed by atoms with van der Waals surface area (Å²) >= 11 is 0. The average Bonchev–Trinajstić information content (AvgIpc) is 3.73. The largest absolute Gasteiger partial charge is 0.508 e. The van der Waals surface area contributed by atoms with Crippen LogP contribution in [-0.4, -0.2) is 94.0 Å². The lowest BCUT2D eigenvalue weighted by Gasteiger charge is -2.35. The van der Waals surface area contributed by atoms with E-state index in [1.165, 1.54) is 24.3 Å². The number of carbonyl (C=O) groups excluding carboxylic acids is 1. The number of hydrogen-bond acceptors (Lipinski definition) is 9. The van der Waals surface area contributed by atoms with Gasteiger partial charge in [-0.25, -0.2) is 18.2 Å². The number of aromatic hydroxyl groups is 1. The molecule has 8 rings (SSSR count). The smallest absolute Gasteiger partial charge is 0.319 e. The van der Waals surface area contributed by atoms with Crippen LogP contribution in [0.1, 0.15) is 55.1 Å². The zero-order chi connectivity index (χ0) is 34.0. The first-order valence-corrected chi connectivity index (χ1v) is 16.8. The average molecular weight is 672 g/mol. The number of carbonyl (C=O) groups is 1. The van der Waals surface area contributed by atoms with Crippen molar-refractivity contribution in [3.05, 3.63) is 47.2 Å².